The molecule has 0 saturated carbocycles. The monoisotopic (exact) mass is 409 g/mol. The number of hydrogen-bond acceptors (Lipinski definition) is 8. The highest BCUT2D eigenvalue weighted by atomic mass is 16.5. The molecule has 0 aliphatic carbocycles. The molecule has 3 aromatic rings. The number of urea groups is 2. The van der Waals surface area contributed by atoms with Crippen molar-refractivity contribution in [3.05, 3.63) is 60.2 Å². The Kier molecular flexibility index (Phi) is 6.00. The van der Waals surface area contributed by atoms with E-state index in [9.17, 15) is 9.59 Å². The normalized spacial score (nSPS) is 10.3. The van der Waals surface area contributed by atoms with Gasteiger partial charge < -0.3 is 16.2 Å². The van der Waals surface area contributed by atoms with Gasteiger partial charge in [0.15, 0.2) is 5.82 Å². The smallest absolute Gasteiger partial charge is 0.336 e. The molecule has 0 aliphatic rings. The second-order valence-electron chi connectivity index (χ2n) is 6.00. The summed E-state index contributed by atoms with van der Waals surface area (Å²) in [4.78, 5) is 26.9. The fourth-order valence-corrected chi connectivity index (χ4v) is 2.44. The largest absolute Gasteiger partial charge is 0.489 e. The van der Waals surface area contributed by atoms with Crippen molar-refractivity contribution in [2.24, 2.45) is 23.2 Å². The summed E-state index contributed by atoms with van der Waals surface area (Å²) in [6.07, 6.45) is 0. The third-order valence-corrected chi connectivity index (χ3v) is 3.93. The number of carbonyl (C=O) groups is 2. The average Bonchev–Trinajstić information content (AvgIpc) is 2.77. The number of rotatable bonds is 6. The van der Waals surface area contributed by atoms with Crippen molar-refractivity contribution in [2.75, 3.05) is 10.0 Å². The van der Waals surface area contributed by atoms with E-state index < -0.39 is 12.1 Å². The molecule has 0 unspecified atom stereocenters. The highest BCUT2D eigenvalue weighted by molar-refractivity contribution is 5.93. The first-order valence-corrected chi connectivity index (χ1v) is 8.57. The van der Waals surface area contributed by atoms with E-state index in [4.69, 9.17) is 27.9 Å². The van der Waals surface area contributed by atoms with E-state index >= 15 is 0 Å². The minimum absolute atomic E-state index is 0.114. The van der Waals surface area contributed by atoms with Crippen molar-refractivity contribution in [1.82, 2.24) is 15.2 Å². The van der Waals surface area contributed by atoms with E-state index in [1.165, 1.54) is 0 Å². The molecule has 0 atom stereocenters. The van der Waals surface area contributed by atoms with Crippen LogP contribution in [0.2, 0.25) is 0 Å². The Labute approximate surface area is 171 Å². The second-order valence-corrected chi connectivity index (χ2v) is 6.00. The maximum absolute atomic E-state index is 11.6. The third-order valence-electron chi connectivity index (χ3n) is 3.93. The van der Waals surface area contributed by atoms with Gasteiger partial charge in [-0.25, -0.2) is 26.3 Å². The topological polar surface area (TPSA) is 193 Å². The van der Waals surface area contributed by atoms with Gasteiger partial charge in [0.2, 0.25) is 0 Å². The Balaban J connectivity index is 1.95. The Morgan fingerprint density at radius 2 is 1.60 bits per heavy atom. The summed E-state index contributed by atoms with van der Waals surface area (Å²) in [5, 5.41) is 8.76. The lowest BCUT2D eigenvalue weighted by atomic mass is 10.1. The van der Waals surface area contributed by atoms with Crippen LogP contribution in [0.1, 0.15) is 5.56 Å². The predicted molar refractivity (Wildman–Crippen MR) is 109 cm³/mol. The van der Waals surface area contributed by atoms with Gasteiger partial charge in [0, 0.05) is 5.56 Å². The number of ether oxygens (including phenoxy) is 1. The Hall–Kier alpha value is -4.29. The fraction of sp³-hybridized carbons (Fsp3) is 0.0556. The molecule has 0 aliphatic heterocycles. The number of anilines is 2. The number of aromatic nitrogens is 3. The van der Waals surface area contributed by atoms with E-state index in [1.807, 2.05) is 30.3 Å². The zero-order valence-electron chi connectivity index (χ0n) is 15.7. The molecule has 4 amide bonds. The van der Waals surface area contributed by atoms with Crippen LogP contribution in [0.4, 0.5) is 21.4 Å². The highest BCUT2D eigenvalue weighted by Crippen LogP contribution is 2.29. The minimum Gasteiger partial charge on any atom is -0.489 e. The van der Waals surface area contributed by atoms with Crippen molar-refractivity contribution in [3.8, 4) is 17.0 Å². The number of nitrogens with zero attached hydrogens (tertiary/aromatic N) is 5. The third kappa shape index (κ3) is 4.57. The van der Waals surface area contributed by atoms with Crippen LogP contribution in [0.15, 0.2) is 54.6 Å². The molecular weight excluding hydrogens is 390 g/mol. The van der Waals surface area contributed by atoms with Crippen molar-refractivity contribution >= 4 is 23.8 Å². The molecule has 0 fully saturated rings. The number of benzene rings is 2. The van der Waals surface area contributed by atoms with Crippen LogP contribution in [0.3, 0.4) is 0 Å². The highest BCUT2D eigenvalue weighted by Gasteiger charge is 2.22. The first-order chi connectivity index (χ1) is 14.4. The van der Waals surface area contributed by atoms with Gasteiger partial charge in [-0.2, -0.15) is 9.99 Å². The van der Waals surface area contributed by atoms with Crippen LogP contribution in [0, 0.1) is 0 Å². The molecule has 1 aromatic heterocycles. The molecule has 30 heavy (non-hydrogen) atoms. The number of amides is 4. The molecular formula is C18H19N9O3. The lowest BCUT2D eigenvalue weighted by Gasteiger charge is -2.18. The quantitative estimate of drug-likeness (QED) is 0.258. The molecule has 8 N–H and O–H groups in total. The van der Waals surface area contributed by atoms with E-state index in [0.717, 1.165) is 5.56 Å². The summed E-state index contributed by atoms with van der Waals surface area (Å²) < 4.78 is 5.80. The number of hydrazine groups is 2. The molecule has 12 nitrogen and oxygen atoms in total. The molecule has 0 radical (unpaired) electrons. The lowest BCUT2D eigenvalue weighted by Crippen LogP contribution is -2.45. The first kappa shape index (κ1) is 20.4. The molecule has 1 heterocycles. The molecule has 2 aromatic carbocycles. The van der Waals surface area contributed by atoms with Gasteiger partial charge in [0.05, 0.1) is 0 Å². The number of hydrogen-bond donors (Lipinski definition) is 4. The van der Waals surface area contributed by atoms with E-state index in [1.54, 1.807) is 24.3 Å². The van der Waals surface area contributed by atoms with Gasteiger partial charge in [0.1, 0.15) is 18.1 Å². The SMILES string of the molecule is NC(=O)N(N)c1nnc(-c2cccc(OCc3ccccc3)c2)c(N(N)C(N)=O)n1. The van der Waals surface area contributed by atoms with E-state index in [0.29, 0.717) is 27.9 Å². The fourth-order valence-electron chi connectivity index (χ4n) is 2.44. The van der Waals surface area contributed by atoms with Crippen LogP contribution in [-0.2, 0) is 6.61 Å². The van der Waals surface area contributed by atoms with Crippen molar-refractivity contribution < 1.29 is 14.3 Å². The predicted octanol–water partition coefficient (Wildman–Crippen LogP) is 0.635. The van der Waals surface area contributed by atoms with Crippen LogP contribution < -0.4 is 37.9 Å². The molecule has 0 spiro atoms. The summed E-state index contributed by atoms with van der Waals surface area (Å²) in [7, 11) is 0. The van der Waals surface area contributed by atoms with E-state index in [2.05, 4.69) is 15.2 Å². The molecule has 0 bridgehead atoms. The minimum atomic E-state index is -1.03. The number of primary amides is 2. The van der Waals surface area contributed by atoms with Crippen molar-refractivity contribution in [2.45, 2.75) is 6.61 Å². The van der Waals surface area contributed by atoms with Crippen LogP contribution >= 0.6 is 0 Å². The summed E-state index contributed by atoms with van der Waals surface area (Å²) in [6, 6.07) is 14.4. The summed E-state index contributed by atoms with van der Waals surface area (Å²) in [6.45, 7) is 0.352. The molecule has 154 valence electrons. The average molecular weight is 409 g/mol. The Morgan fingerprint density at radius 1 is 0.900 bits per heavy atom. The van der Waals surface area contributed by atoms with Gasteiger partial charge in [0.25, 0.3) is 5.95 Å². The lowest BCUT2D eigenvalue weighted by molar-refractivity contribution is 0.253. The first-order valence-electron chi connectivity index (χ1n) is 8.57. The zero-order chi connectivity index (χ0) is 21.7. The van der Waals surface area contributed by atoms with Gasteiger partial charge in [-0.1, -0.05) is 42.5 Å². The standard InChI is InChI=1S/C18H19N9O3/c19-16(28)26(21)15-14(24-25-18(23-15)27(22)17(20)29)12-7-4-8-13(9-12)30-10-11-5-2-1-3-6-11/h1-9H,10,21-22H2,(H2,19,28)(H2,20,29). The summed E-state index contributed by atoms with van der Waals surface area (Å²) >= 11 is 0. The van der Waals surface area contributed by atoms with Crippen LogP contribution in [-0.4, -0.2) is 27.2 Å². The molecule has 3 rings (SSSR count). The van der Waals surface area contributed by atoms with Gasteiger partial charge >= 0.3 is 12.1 Å². The zero-order valence-corrected chi connectivity index (χ0v) is 15.7. The second kappa shape index (κ2) is 8.81. The van der Waals surface area contributed by atoms with Gasteiger partial charge in [-0.15, -0.1) is 10.2 Å². The van der Waals surface area contributed by atoms with Gasteiger partial charge in [-0.05, 0) is 17.7 Å². The number of carbonyl (C=O) groups excluding carboxylic acids is 2. The van der Waals surface area contributed by atoms with E-state index in [-0.39, 0.29) is 17.5 Å². The summed E-state index contributed by atoms with van der Waals surface area (Å²) in [5.74, 6) is 11.2. The van der Waals surface area contributed by atoms with Crippen LogP contribution in [0.5, 0.6) is 5.75 Å². The van der Waals surface area contributed by atoms with Crippen LogP contribution in [0.25, 0.3) is 11.3 Å². The molecule has 12 heteroatoms. The molecule has 0 saturated heterocycles. The van der Waals surface area contributed by atoms with Crippen molar-refractivity contribution in [1.29, 1.82) is 0 Å². The van der Waals surface area contributed by atoms with Crippen molar-refractivity contribution in [3.63, 3.8) is 0 Å². The Bertz CT molecular complexity index is 1060. The Morgan fingerprint density at radius 3 is 2.27 bits per heavy atom. The maximum atomic E-state index is 11.6. The number of nitrogens with two attached hydrogens (primary N) is 4. The summed E-state index contributed by atoms with van der Waals surface area (Å²) in [5.41, 5.74) is 12.0. The maximum Gasteiger partial charge on any atom is 0.336 e. The van der Waals surface area contributed by atoms with Gasteiger partial charge in [-0.3, -0.25) is 0 Å².